The molecule has 0 spiro atoms. The molecule has 0 saturated carbocycles. The molecule has 5 nitrogen and oxygen atoms in total. The highest BCUT2D eigenvalue weighted by atomic mass is 35.5. The van der Waals surface area contributed by atoms with Crippen LogP contribution >= 0.6 is 11.6 Å². The van der Waals surface area contributed by atoms with Crippen LogP contribution in [0.5, 0.6) is 11.6 Å². The zero-order valence-corrected chi connectivity index (χ0v) is 18.9. The number of halogens is 1. The number of aromatic nitrogens is 3. The number of hydrogen-bond acceptors (Lipinski definition) is 4. The van der Waals surface area contributed by atoms with E-state index in [4.69, 9.17) is 31.2 Å². The van der Waals surface area contributed by atoms with Crippen LogP contribution in [0, 0.1) is 0 Å². The minimum Gasteiger partial charge on any atom is -0.494 e. The van der Waals surface area contributed by atoms with E-state index in [1.54, 1.807) is 0 Å². The van der Waals surface area contributed by atoms with Crippen molar-refractivity contribution in [2.24, 2.45) is 0 Å². The van der Waals surface area contributed by atoms with Crippen LogP contribution in [0.15, 0.2) is 54.7 Å². The van der Waals surface area contributed by atoms with Crippen LogP contribution in [-0.4, -0.2) is 21.4 Å². The molecule has 0 atom stereocenters. The van der Waals surface area contributed by atoms with Gasteiger partial charge in [0.25, 0.3) is 0 Å². The van der Waals surface area contributed by atoms with Crippen molar-refractivity contribution in [1.82, 2.24) is 14.8 Å². The topological polar surface area (TPSA) is 49.2 Å². The maximum Gasteiger partial charge on any atom is 0.226 e. The van der Waals surface area contributed by atoms with Gasteiger partial charge in [0.05, 0.1) is 17.7 Å². The molecule has 2 aromatic carbocycles. The van der Waals surface area contributed by atoms with Gasteiger partial charge >= 0.3 is 0 Å². The Bertz CT molecular complexity index is 1230. The number of aryl methyl sites for hydroxylation is 2. The summed E-state index contributed by atoms with van der Waals surface area (Å²) in [6.07, 6.45) is 7.51. The summed E-state index contributed by atoms with van der Waals surface area (Å²) in [5.41, 5.74) is 5.27. The highest BCUT2D eigenvalue weighted by molar-refractivity contribution is 6.31. The minimum absolute atomic E-state index is 0.356. The third kappa shape index (κ3) is 4.05. The van der Waals surface area contributed by atoms with E-state index in [-0.39, 0.29) is 0 Å². The second-order valence-corrected chi connectivity index (χ2v) is 8.44. The third-order valence-electron chi connectivity index (χ3n) is 5.92. The van der Waals surface area contributed by atoms with Crippen LogP contribution in [0.2, 0.25) is 5.02 Å². The summed E-state index contributed by atoms with van der Waals surface area (Å²) in [5, 5.41) is 6.65. The van der Waals surface area contributed by atoms with Crippen LogP contribution in [0.25, 0.3) is 16.6 Å². The van der Waals surface area contributed by atoms with Crippen LogP contribution in [-0.2, 0) is 19.4 Å². The first-order valence-electron chi connectivity index (χ1n) is 11.2. The highest BCUT2D eigenvalue weighted by Crippen LogP contribution is 2.34. The summed E-state index contributed by atoms with van der Waals surface area (Å²) >= 11 is 6.37. The molecular weight excluding hydrogens is 422 g/mol. The van der Waals surface area contributed by atoms with Crippen molar-refractivity contribution in [2.75, 3.05) is 6.61 Å². The lowest BCUT2D eigenvalue weighted by molar-refractivity contribution is 0.288. The Labute approximate surface area is 192 Å². The van der Waals surface area contributed by atoms with Gasteiger partial charge in [0, 0.05) is 28.0 Å². The summed E-state index contributed by atoms with van der Waals surface area (Å²) < 4.78 is 13.8. The Morgan fingerprint density at radius 2 is 1.78 bits per heavy atom. The molecule has 0 amide bonds. The maximum atomic E-state index is 6.37. The molecule has 2 aromatic heterocycles. The second kappa shape index (κ2) is 9.21. The fraction of sp³-hybridized carbons (Fsp3) is 0.308. The molecule has 0 radical (unpaired) electrons. The summed E-state index contributed by atoms with van der Waals surface area (Å²) in [7, 11) is 0. The molecule has 5 rings (SSSR count). The van der Waals surface area contributed by atoms with E-state index in [1.807, 2.05) is 66.3 Å². The minimum atomic E-state index is 0.356. The fourth-order valence-corrected chi connectivity index (χ4v) is 4.48. The lowest BCUT2D eigenvalue weighted by Crippen LogP contribution is -2.04. The Morgan fingerprint density at radius 3 is 2.59 bits per heavy atom. The Kier molecular flexibility index (Phi) is 5.99. The number of nitrogens with zero attached hydrogens (tertiary/aromatic N) is 3. The molecule has 32 heavy (non-hydrogen) atoms. The first-order chi connectivity index (χ1) is 15.7. The van der Waals surface area contributed by atoms with E-state index in [0.29, 0.717) is 24.1 Å². The van der Waals surface area contributed by atoms with Gasteiger partial charge in [-0.15, -0.1) is 0 Å². The Hall–Kier alpha value is -3.05. The van der Waals surface area contributed by atoms with Crippen molar-refractivity contribution in [3.8, 4) is 17.3 Å². The number of pyridine rings is 1. The van der Waals surface area contributed by atoms with E-state index < -0.39 is 0 Å². The molecular formula is C26H26ClN3O2. The monoisotopic (exact) mass is 447 g/mol. The van der Waals surface area contributed by atoms with E-state index in [2.05, 4.69) is 0 Å². The number of benzene rings is 2. The fourth-order valence-electron chi connectivity index (χ4n) is 4.29. The first kappa shape index (κ1) is 20.8. The van der Waals surface area contributed by atoms with Crippen molar-refractivity contribution in [1.29, 1.82) is 0 Å². The summed E-state index contributed by atoms with van der Waals surface area (Å²) in [6.45, 7) is 2.97. The molecule has 2 heterocycles. The van der Waals surface area contributed by atoms with Crippen LogP contribution in [0.3, 0.4) is 0 Å². The summed E-state index contributed by atoms with van der Waals surface area (Å²) in [5.74, 6) is 1.52. The Morgan fingerprint density at radius 1 is 0.969 bits per heavy atom. The van der Waals surface area contributed by atoms with E-state index >= 15 is 0 Å². The van der Waals surface area contributed by atoms with Gasteiger partial charge < -0.3 is 9.47 Å². The van der Waals surface area contributed by atoms with Gasteiger partial charge in [-0.1, -0.05) is 36.2 Å². The Balaban J connectivity index is 1.60. The quantitative estimate of drug-likeness (QED) is 0.324. The van der Waals surface area contributed by atoms with Crippen LogP contribution in [0.1, 0.15) is 43.0 Å². The van der Waals surface area contributed by atoms with Gasteiger partial charge in [0.15, 0.2) is 0 Å². The molecule has 0 aliphatic heterocycles. The van der Waals surface area contributed by atoms with Crippen molar-refractivity contribution in [2.45, 2.75) is 45.6 Å². The summed E-state index contributed by atoms with van der Waals surface area (Å²) in [4.78, 5) is 4.81. The number of fused-ring (bicyclic) bond motifs is 3. The van der Waals surface area contributed by atoms with Crippen LogP contribution in [0.4, 0.5) is 0 Å². The molecule has 6 heteroatoms. The predicted octanol–water partition coefficient (Wildman–Crippen LogP) is 6.32. The molecule has 0 unspecified atom stereocenters. The lowest BCUT2D eigenvalue weighted by Gasteiger charge is -2.11. The van der Waals surface area contributed by atoms with Gasteiger partial charge in [0.1, 0.15) is 17.9 Å². The zero-order chi connectivity index (χ0) is 21.9. The number of hydrogen-bond donors (Lipinski definition) is 0. The van der Waals surface area contributed by atoms with Crippen molar-refractivity contribution in [3.63, 3.8) is 0 Å². The zero-order valence-electron chi connectivity index (χ0n) is 18.2. The van der Waals surface area contributed by atoms with Crippen LogP contribution < -0.4 is 9.47 Å². The van der Waals surface area contributed by atoms with E-state index in [9.17, 15) is 0 Å². The molecule has 0 N–H and O–H groups in total. The number of rotatable bonds is 6. The normalized spacial score (nSPS) is 13.6. The SMILES string of the molecule is CCOc1ccc(-n2nc3c4c(ncc3c2OCc2ccccc2Cl)CCCCC4)cc1. The molecule has 1 aliphatic carbocycles. The van der Waals surface area contributed by atoms with Gasteiger partial charge in [-0.3, -0.25) is 4.98 Å². The average Bonchev–Trinajstić information content (AvgIpc) is 3.01. The largest absolute Gasteiger partial charge is 0.494 e. The molecule has 0 saturated heterocycles. The molecule has 0 bridgehead atoms. The molecule has 4 aromatic rings. The number of ether oxygens (including phenoxy) is 2. The van der Waals surface area contributed by atoms with Gasteiger partial charge in [0.2, 0.25) is 5.88 Å². The van der Waals surface area contributed by atoms with Gasteiger partial charge in [-0.05, 0) is 62.9 Å². The maximum absolute atomic E-state index is 6.37. The highest BCUT2D eigenvalue weighted by Gasteiger charge is 2.21. The lowest BCUT2D eigenvalue weighted by atomic mass is 10.1. The van der Waals surface area contributed by atoms with Gasteiger partial charge in [-0.25, -0.2) is 0 Å². The predicted molar refractivity (Wildman–Crippen MR) is 127 cm³/mol. The van der Waals surface area contributed by atoms with Crippen molar-refractivity contribution < 1.29 is 9.47 Å². The molecule has 0 fully saturated rings. The molecule has 164 valence electrons. The standard InChI is InChI=1S/C26H26ClN3O2/c1-2-31-20-14-12-19(13-15-20)30-26(32-17-18-8-6-7-10-23(18)27)22-16-28-24-11-5-3-4-9-21(24)25(22)29-30/h6-8,10,12-16H,2-5,9,11,17H2,1H3. The van der Waals surface area contributed by atoms with Crippen molar-refractivity contribution in [3.05, 3.63) is 76.6 Å². The smallest absolute Gasteiger partial charge is 0.226 e. The van der Waals surface area contributed by atoms with Crippen molar-refractivity contribution >= 4 is 22.5 Å². The summed E-state index contributed by atoms with van der Waals surface area (Å²) in [6, 6.07) is 15.7. The van der Waals surface area contributed by atoms with E-state index in [0.717, 1.165) is 40.7 Å². The van der Waals surface area contributed by atoms with E-state index in [1.165, 1.54) is 30.5 Å². The molecule has 1 aliphatic rings. The first-order valence-corrected chi connectivity index (χ1v) is 11.6. The third-order valence-corrected chi connectivity index (χ3v) is 6.29. The van der Waals surface area contributed by atoms with Gasteiger partial charge in [-0.2, -0.15) is 9.78 Å². The average molecular weight is 448 g/mol. The second-order valence-electron chi connectivity index (χ2n) is 8.03.